The van der Waals surface area contributed by atoms with Crippen molar-refractivity contribution < 1.29 is 10.2 Å². The number of fused-ring (bicyclic) bond motifs is 4. The first-order valence-electron chi connectivity index (χ1n) is 11.8. The van der Waals surface area contributed by atoms with Gasteiger partial charge in [0.15, 0.2) is 0 Å². The van der Waals surface area contributed by atoms with E-state index in [2.05, 4.69) is 42.5 Å². The van der Waals surface area contributed by atoms with E-state index < -0.39 is 5.41 Å². The van der Waals surface area contributed by atoms with Crippen LogP contribution in [0, 0.1) is 27.7 Å². The predicted molar refractivity (Wildman–Crippen MR) is 139 cm³/mol. The van der Waals surface area contributed by atoms with E-state index in [1.807, 2.05) is 58.0 Å². The summed E-state index contributed by atoms with van der Waals surface area (Å²) in [5, 5.41) is 21.2. The highest BCUT2D eigenvalue weighted by molar-refractivity contribution is 5.88. The number of hydrogen-bond donors (Lipinski definition) is 2. The van der Waals surface area contributed by atoms with Crippen molar-refractivity contribution >= 4 is 11.0 Å². The Balaban J connectivity index is 1.85. The van der Waals surface area contributed by atoms with E-state index in [4.69, 9.17) is 9.97 Å². The summed E-state index contributed by atoms with van der Waals surface area (Å²) in [6.45, 7) is 7.72. The molecule has 4 nitrogen and oxygen atoms in total. The van der Waals surface area contributed by atoms with Gasteiger partial charge in [-0.25, -0.2) is 9.97 Å². The Labute approximate surface area is 204 Å². The molecule has 0 fully saturated rings. The van der Waals surface area contributed by atoms with Gasteiger partial charge in [-0.05, 0) is 78.8 Å². The summed E-state index contributed by atoms with van der Waals surface area (Å²) >= 11 is 0. The summed E-state index contributed by atoms with van der Waals surface area (Å²) in [6.07, 6.45) is 0. The number of para-hydroxylation sites is 2. The van der Waals surface area contributed by atoms with Gasteiger partial charge in [0.1, 0.15) is 11.5 Å². The van der Waals surface area contributed by atoms with Gasteiger partial charge in [0, 0.05) is 5.56 Å². The van der Waals surface area contributed by atoms with Crippen LogP contribution in [0.4, 0.5) is 0 Å². The standard InChI is InChI=1S/C31H26N2O2/c1-17-13-21(14-18(2)28(17)34)31(22-15-19(3)29(35)20(4)16-22)24-10-6-5-9-23(24)27-30(31)33-26-12-8-7-11-25(26)32-27/h5-16,34-35H,1-4H3. The lowest BCUT2D eigenvalue weighted by Crippen LogP contribution is -2.30. The van der Waals surface area contributed by atoms with E-state index in [1.165, 1.54) is 0 Å². The summed E-state index contributed by atoms with van der Waals surface area (Å²) in [4.78, 5) is 10.4. The minimum atomic E-state index is -0.755. The highest BCUT2D eigenvalue weighted by atomic mass is 16.3. The number of benzene rings is 4. The van der Waals surface area contributed by atoms with Crippen LogP contribution in [0.2, 0.25) is 0 Å². The van der Waals surface area contributed by atoms with Gasteiger partial charge >= 0.3 is 0 Å². The molecule has 0 radical (unpaired) electrons. The number of aromatic hydroxyl groups is 2. The van der Waals surface area contributed by atoms with Crippen LogP contribution >= 0.6 is 0 Å². The van der Waals surface area contributed by atoms with Crippen LogP contribution in [0.25, 0.3) is 22.3 Å². The van der Waals surface area contributed by atoms with Gasteiger partial charge in [-0.15, -0.1) is 0 Å². The van der Waals surface area contributed by atoms with E-state index in [0.717, 1.165) is 66.9 Å². The molecule has 1 heterocycles. The minimum absolute atomic E-state index is 0.304. The first-order chi connectivity index (χ1) is 16.8. The van der Waals surface area contributed by atoms with Crippen molar-refractivity contribution in [2.45, 2.75) is 33.1 Å². The van der Waals surface area contributed by atoms with Crippen molar-refractivity contribution in [3.05, 3.63) is 117 Å². The lowest BCUT2D eigenvalue weighted by atomic mass is 9.68. The molecule has 4 aromatic carbocycles. The smallest absolute Gasteiger partial charge is 0.121 e. The Hall–Kier alpha value is -4.18. The number of aryl methyl sites for hydroxylation is 4. The van der Waals surface area contributed by atoms with Crippen molar-refractivity contribution in [2.75, 3.05) is 0 Å². The van der Waals surface area contributed by atoms with Gasteiger partial charge in [0.25, 0.3) is 0 Å². The van der Waals surface area contributed by atoms with E-state index in [0.29, 0.717) is 11.5 Å². The van der Waals surface area contributed by atoms with Crippen molar-refractivity contribution in [3.8, 4) is 22.8 Å². The van der Waals surface area contributed by atoms with Gasteiger partial charge in [-0.1, -0.05) is 60.7 Å². The molecule has 2 N–H and O–H groups in total. The zero-order valence-electron chi connectivity index (χ0n) is 20.2. The normalized spacial score (nSPS) is 13.6. The molecule has 0 aliphatic heterocycles. The molecular formula is C31H26N2O2. The lowest BCUT2D eigenvalue weighted by Gasteiger charge is -2.34. The molecule has 0 saturated carbocycles. The van der Waals surface area contributed by atoms with Crippen LogP contribution in [-0.2, 0) is 5.41 Å². The fourth-order valence-electron chi connectivity index (χ4n) is 5.69. The molecule has 0 unspecified atom stereocenters. The van der Waals surface area contributed by atoms with Gasteiger partial charge in [-0.3, -0.25) is 0 Å². The van der Waals surface area contributed by atoms with Crippen LogP contribution in [0.1, 0.15) is 44.6 Å². The van der Waals surface area contributed by atoms with Crippen molar-refractivity contribution in [1.82, 2.24) is 9.97 Å². The van der Waals surface area contributed by atoms with E-state index in [9.17, 15) is 10.2 Å². The van der Waals surface area contributed by atoms with E-state index in [1.54, 1.807) is 0 Å². The van der Waals surface area contributed by atoms with Gasteiger partial charge in [-0.2, -0.15) is 0 Å². The zero-order valence-corrected chi connectivity index (χ0v) is 20.2. The van der Waals surface area contributed by atoms with Gasteiger partial charge < -0.3 is 10.2 Å². The molecule has 0 saturated heterocycles. The first kappa shape index (κ1) is 21.4. The van der Waals surface area contributed by atoms with Crippen LogP contribution in [0.3, 0.4) is 0 Å². The molecule has 5 aromatic rings. The highest BCUT2D eigenvalue weighted by Crippen LogP contribution is 2.56. The maximum absolute atomic E-state index is 10.6. The number of hydrogen-bond acceptors (Lipinski definition) is 4. The summed E-state index contributed by atoms with van der Waals surface area (Å²) in [5.41, 5.74) is 10.1. The topological polar surface area (TPSA) is 66.2 Å². The monoisotopic (exact) mass is 458 g/mol. The second-order valence-electron chi connectivity index (χ2n) is 9.62. The summed E-state index contributed by atoms with van der Waals surface area (Å²) in [6, 6.07) is 24.5. The number of aromatic nitrogens is 2. The maximum Gasteiger partial charge on any atom is 0.121 e. The first-order valence-corrected chi connectivity index (χ1v) is 11.8. The largest absolute Gasteiger partial charge is 0.507 e. The van der Waals surface area contributed by atoms with Crippen molar-refractivity contribution in [1.29, 1.82) is 0 Å². The summed E-state index contributed by atoms with van der Waals surface area (Å²) < 4.78 is 0. The van der Waals surface area contributed by atoms with Gasteiger partial charge in [0.05, 0.1) is 27.8 Å². The second kappa shape index (κ2) is 7.41. The van der Waals surface area contributed by atoms with Gasteiger partial charge in [0.2, 0.25) is 0 Å². The number of phenolic OH excluding ortho intramolecular Hbond substituents is 2. The third-order valence-corrected chi connectivity index (χ3v) is 7.36. The fourth-order valence-corrected chi connectivity index (χ4v) is 5.69. The Kier molecular flexibility index (Phi) is 4.52. The predicted octanol–water partition coefficient (Wildman–Crippen LogP) is 6.64. The number of rotatable bonds is 2. The Morgan fingerprint density at radius 2 is 1.06 bits per heavy atom. The molecule has 1 aromatic heterocycles. The molecule has 0 atom stereocenters. The molecule has 35 heavy (non-hydrogen) atoms. The molecular weight excluding hydrogens is 432 g/mol. The quantitative estimate of drug-likeness (QED) is 0.305. The molecule has 0 spiro atoms. The maximum atomic E-state index is 10.6. The Morgan fingerprint density at radius 3 is 1.60 bits per heavy atom. The molecule has 0 bridgehead atoms. The van der Waals surface area contributed by atoms with E-state index in [-0.39, 0.29) is 0 Å². The van der Waals surface area contributed by atoms with Crippen LogP contribution in [0.15, 0.2) is 72.8 Å². The summed E-state index contributed by atoms with van der Waals surface area (Å²) in [7, 11) is 0. The molecule has 4 heteroatoms. The molecule has 0 amide bonds. The molecule has 6 rings (SSSR count). The van der Waals surface area contributed by atoms with E-state index >= 15 is 0 Å². The number of phenols is 2. The van der Waals surface area contributed by atoms with Crippen LogP contribution in [-0.4, -0.2) is 20.2 Å². The average Bonchev–Trinajstić information content (AvgIpc) is 3.14. The minimum Gasteiger partial charge on any atom is -0.507 e. The summed E-state index contributed by atoms with van der Waals surface area (Å²) in [5.74, 6) is 0.608. The Morgan fingerprint density at radius 1 is 0.600 bits per heavy atom. The van der Waals surface area contributed by atoms with Crippen molar-refractivity contribution in [3.63, 3.8) is 0 Å². The average molecular weight is 459 g/mol. The fraction of sp³-hybridized carbons (Fsp3) is 0.161. The van der Waals surface area contributed by atoms with Crippen LogP contribution < -0.4 is 0 Å². The molecule has 1 aliphatic carbocycles. The third kappa shape index (κ3) is 2.86. The molecule has 1 aliphatic rings. The van der Waals surface area contributed by atoms with Crippen LogP contribution in [0.5, 0.6) is 11.5 Å². The highest BCUT2D eigenvalue weighted by Gasteiger charge is 2.49. The second-order valence-corrected chi connectivity index (χ2v) is 9.62. The lowest BCUT2D eigenvalue weighted by molar-refractivity contribution is 0.465. The van der Waals surface area contributed by atoms with Crippen molar-refractivity contribution in [2.24, 2.45) is 0 Å². The third-order valence-electron chi connectivity index (χ3n) is 7.36. The zero-order chi connectivity index (χ0) is 24.5. The Bertz CT molecular complexity index is 1570. The number of nitrogens with zero attached hydrogens (tertiary/aromatic N) is 2. The SMILES string of the molecule is Cc1cc(C2(c3cc(C)c(O)c(C)c3)c3ccccc3-c3nc4ccccc4nc32)cc(C)c1O. The molecule has 172 valence electrons.